The van der Waals surface area contributed by atoms with E-state index >= 15 is 0 Å². The van der Waals surface area contributed by atoms with E-state index in [1.807, 2.05) is 18.6 Å². The molecule has 3 N–H and O–H groups in total. The maximum Gasteiger partial charge on any atom is 0.325 e. The summed E-state index contributed by atoms with van der Waals surface area (Å²) in [6, 6.07) is 7.61. The summed E-state index contributed by atoms with van der Waals surface area (Å²) in [7, 11) is -4.21. The number of nitrogens with zero attached hydrogens (tertiary/aromatic N) is 1. The van der Waals surface area contributed by atoms with Gasteiger partial charge in [-0.15, -0.1) is 0 Å². The van der Waals surface area contributed by atoms with Gasteiger partial charge in [0.2, 0.25) is 0 Å². The monoisotopic (exact) mass is 504 g/mol. The Morgan fingerprint density at radius 3 is 2.14 bits per heavy atom. The van der Waals surface area contributed by atoms with E-state index < -0.39 is 27.8 Å². The van der Waals surface area contributed by atoms with E-state index in [-0.39, 0.29) is 35.2 Å². The first-order chi connectivity index (χ1) is 16.7. The minimum Gasteiger partial charge on any atom is -0.464 e. The van der Waals surface area contributed by atoms with Crippen LogP contribution in [0.25, 0.3) is 0 Å². The van der Waals surface area contributed by atoms with Crippen molar-refractivity contribution in [3.05, 3.63) is 59.4 Å². The lowest BCUT2D eigenvalue weighted by atomic mass is 10.2. The van der Waals surface area contributed by atoms with E-state index in [0.29, 0.717) is 18.5 Å². The van der Waals surface area contributed by atoms with Crippen LogP contribution in [0.15, 0.2) is 47.5 Å². The third kappa shape index (κ3) is 8.49. The zero-order valence-electron chi connectivity index (χ0n) is 19.5. The van der Waals surface area contributed by atoms with Crippen molar-refractivity contribution in [1.29, 1.82) is 0 Å². The van der Waals surface area contributed by atoms with Crippen LogP contribution in [0.3, 0.4) is 0 Å². The maximum atomic E-state index is 12.5. The van der Waals surface area contributed by atoms with Crippen molar-refractivity contribution >= 4 is 33.7 Å². The van der Waals surface area contributed by atoms with Gasteiger partial charge in [0.05, 0.1) is 17.1 Å². The molecular weight excluding hydrogens is 476 g/mol. The summed E-state index contributed by atoms with van der Waals surface area (Å²) in [6.45, 7) is 4.27. The van der Waals surface area contributed by atoms with E-state index in [1.54, 1.807) is 0 Å². The van der Waals surface area contributed by atoms with E-state index in [0.717, 1.165) is 19.0 Å². The standard InChI is InChI=1S/C23H28N4O7S/c1-3-5-12-24-21(29)16-6-9-18(10-7-16)35(32,33)27-22(30)17-8-11-19(25-14-17)23(31)26-15-20(28)34-13-4-2/h6-11,14H,3-5,12-13,15H2,1-2H3,(H,24,29)(H,26,31)(H,27,30). The number of sulfonamides is 1. The van der Waals surface area contributed by atoms with E-state index in [4.69, 9.17) is 4.74 Å². The number of amides is 3. The summed E-state index contributed by atoms with van der Waals surface area (Å²) < 4.78 is 31.9. The lowest BCUT2D eigenvalue weighted by Gasteiger charge is -2.09. The van der Waals surface area contributed by atoms with Gasteiger partial charge in [0.25, 0.3) is 27.7 Å². The van der Waals surface area contributed by atoms with Crippen molar-refractivity contribution < 1.29 is 32.3 Å². The van der Waals surface area contributed by atoms with Gasteiger partial charge < -0.3 is 15.4 Å². The highest BCUT2D eigenvalue weighted by Crippen LogP contribution is 2.12. The molecule has 1 aromatic carbocycles. The van der Waals surface area contributed by atoms with Gasteiger partial charge in [0.1, 0.15) is 12.2 Å². The van der Waals surface area contributed by atoms with Crippen molar-refractivity contribution in [1.82, 2.24) is 20.3 Å². The molecule has 35 heavy (non-hydrogen) atoms. The number of carbonyl (C=O) groups excluding carboxylic acids is 4. The molecule has 0 spiro atoms. The molecule has 0 unspecified atom stereocenters. The second kappa shape index (κ2) is 13.2. The Morgan fingerprint density at radius 1 is 0.857 bits per heavy atom. The van der Waals surface area contributed by atoms with Crippen LogP contribution in [0.5, 0.6) is 0 Å². The van der Waals surface area contributed by atoms with Gasteiger partial charge in [-0.05, 0) is 49.2 Å². The lowest BCUT2D eigenvalue weighted by Crippen LogP contribution is -2.32. The molecule has 0 radical (unpaired) electrons. The molecule has 0 fully saturated rings. The Balaban J connectivity index is 1.97. The largest absolute Gasteiger partial charge is 0.464 e. The molecule has 0 bridgehead atoms. The summed E-state index contributed by atoms with van der Waals surface area (Å²) in [5.74, 6) is -2.52. The Bertz CT molecular complexity index is 1150. The van der Waals surface area contributed by atoms with Gasteiger partial charge in [0, 0.05) is 18.3 Å². The van der Waals surface area contributed by atoms with Gasteiger partial charge in [-0.1, -0.05) is 20.3 Å². The lowest BCUT2D eigenvalue weighted by molar-refractivity contribution is -0.142. The number of aromatic nitrogens is 1. The number of pyridine rings is 1. The average Bonchev–Trinajstić information content (AvgIpc) is 2.86. The second-order valence-corrected chi connectivity index (χ2v) is 9.09. The second-order valence-electron chi connectivity index (χ2n) is 7.40. The molecule has 0 aliphatic carbocycles. The van der Waals surface area contributed by atoms with Crippen LogP contribution < -0.4 is 15.4 Å². The minimum atomic E-state index is -4.21. The highest BCUT2D eigenvalue weighted by Gasteiger charge is 2.20. The third-order valence-electron chi connectivity index (χ3n) is 4.59. The fourth-order valence-electron chi connectivity index (χ4n) is 2.68. The van der Waals surface area contributed by atoms with Crippen LogP contribution >= 0.6 is 0 Å². The molecule has 0 aliphatic heterocycles. The number of benzene rings is 1. The Labute approximate surface area is 203 Å². The quantitative estimate of drug-likeness (QED) is 0.289. The number of nitrogens with one attached hydrogen (secondary N) is 3. The van der Waals surface area contributed by atoms with Crippen LogP contribution in [0.4, 0.5) is 0 Å². The summed E-state index contributed by atoms with van der Waals surface area (Å²) in [4.78, 5) is 51.6. The SMILES string of the molecule is CCCCNC(=O)c1ccc(S(=O)(=O)NC(=O)c2ccc(C(=O)NCC(=O)OCCC)nc2)cc1. The van der Waals surface area contributed by atoms with Gasteiger partial charge >= 0.3 is 5.97 Å². The minimum absolute atomic E-state index is 0.0690. The van der Waals surface area contributed by atoms with Gasteiger partial charge in [-0.3, -0.25) is 24.2 Å². The third-order valence-corrected chi connectivity index (χ3v) is 5.94. The smallest absolute Gasteiger partial charge is 0.325 e. The predicted octanol–water partition coefficient (Wildman–Crippen LogP) is 1.41. The zero-order valence-corrected chi connectivity index (χ0v) is 20.3. The molecule has 0 aliphatic rings. The number of hydrogen-bond donors (Lipinski definition) is 3. The first-order valence-electron chi connectivity index (χ1n) is 11.0. The van der Waals surface area contributed by atoms with E-state index in [9.17, 15) is 27.6 Å². The van der Waals surface area contributed by atoms with Crippen LogP contribution in [-0.4, -0.2) is 56.8 Å². The number of carbonyl (C=O) groups is 4. The Kier molecular flexibility index (Phi) is 10.3. The molecule has 1 heterocycles. The van der Waals surface area contributed by atoms with E-state index in [1.165, 1.54) is 36.4 Å². The first kappa shape index (κ1) is 27.4. The number of hydrogen-bond acceptors (Lipinski definition) is 8. The zero-order chi connectivity index (χ0) is 25.8. The van der Waals surface area contributed by atoms with Crippen LogP contribution in [0, 0.1) is 0 Å². The molecule has 12 heteroatoms. The molecule has 2 rings (SSSR count). The van der Waals surface area contributed by atoms with Crippen molar-refractivity contribution in [2.45, 2.75) is 38.0 Å². The summed E-state index contributed by atoms with van der Waals surface area (Å²) >= 11 is 0. The van der Waals surface area contributed by atoms with Crippen LogP contribution in [0.1, 0.15) is 64.3 Å². The number of rotatable bonds is 12. The van der Waals surface area contributed by atoms with Crippen LogP contribution in [0.2, 0.25) is 0 Å². The first-order valence-corrected chi connectivity index (χ1v) is 12.5. The molecule has 1 aromatic heterocycles. The summed E-state index contributed by atoms with van der Waals surface area (Å²) in [6.07, 6.45) is 3.46. The molecule has 2 aromatic rings. The van der Waals surface area contributed by atoms with Crippen molar-refractivity contribution in [2.24, 2.45) is 0 Å². The number of ether oxygens (including phenoxy) is 1. The van der Waals surface area contributed by atoms with Crippen molar-refractivity contribution in [3.8, 4) is 0 Å². The highest BCUT2D eigenvalue weighted by molar-refractivity contribution is 7.90. The molecule has 0 saturated carbocycles. The highest BCUT2D eigenvalue weighted by atomic mass is 32.2. The summed E-state index contributed by atoms with van der Waals surface area (Å²) in [5.41, 5.74) is 0.128. The molecule has 0 saturated heterocycles. The fraction of sp³-hybridized carbons (Fsp3) is 0.348. The molecule has 0 atom stereocenters. The number of esters is 1. The van der Waals surface area contributed by atoms with Crippen molar-refractivity contribution in [2.75, 3.05) is 19.7 Å². The predicted molar refractivity (Wildman–Crippen MR) is 126 cm³/mol. The van der Waals surface area contributed by atoms with Crippen molar-refractivity contribution in [3.63, 3.8) is 0 Å². The fourth-order valence-corrected chi connectivity index (χ4v) is 3.65. The topological polar surface area (TPSA) is 161 Å². The molecular formula is C23H28N4O7S. The average molecular weight is 505 g/mol. The Morgan fingerprint density at radius 2 is 1.54 bits per heavy atom. The maximum absolute atomic E-state index is 12.5. The van der Waals surface area contributed by atoms with Gasteiger partial charge in [0.15, 0.2) is 0 Å². The molecule has 188 valence electrons. The normalized spacial score (nSPS) is 10.8. The molecule has 11 nitrogen and oxygen atoms in total. The Hall–Kier alpha value is -3.80. The number of unbranched alkanes of at least 4 members (excludes halogenated alkanes) is 1. The summed E-state index contributed by atoms with van der Waals surface area (Å²) in [5, 5.41) is 5.07. The van der Waals surface area contributed by atoms with Gasteiger partial charge in [-0.25, -0.2) is 13.1 Å². The van der Waals surface area contributed by atoms with Crippen LogP contribution in [-0.2, 0) is 19.6 Å². The molecule has 3 amide bonds. The van der Waals surface area contributed by atoms with Gasteiger partial charge in [-0.2, -0.15) is 0 Å². The van der Waals surface area contributed by atoms with E-state index in [2.05, 4.69) is 15.6 Å².